The summed E-state index contributed by atoms with van der Waals surface area (Å²) in [6.07, 6.45) is 0.627. The van der Waals surface area contributed by atoms with E-state index in [2.05, 4.69) is 33.0 Å². The first-order valence-electron chi connectivity index (χ1n) is 8.60. The number of carbonyl (C=O) groups excluding carboxylic acids is 1. The van der Waals surface area contributed by atoms with Gasteiger partial charge in [0.15, 0.2) is 17.6 Å². The molecule has 0 saturated carbocycles. The van der Waals surface area contributed by atoms with E-state index in [1.165, 1.54) is 0 Å². The van der Waals surface area contributed by atoms with Crippen LogP contribution in [-0.4, -0.2) is 36.9 Å². The Kier molecular flexibility index (Phi) is 5.75. The van der Waals surface area contributed by atoms with Gasteiger partial charge in [0, 0.05) is 17.7 Å². The number of aliphatic hydroxyl groups excluding tert-OH is 1. The maximum absolute atomic E-state index is 12.6. The van der Waals surface area contributed by atoms with Crippen LogP contribution in [0.3, 0.4) is 0 Å². The molecule has 1 amide bonds. The summed E-state index contributed by atoms with van der Waals surface area (Å²) in [6.45, 7) is 11.4. The maximum Gasteiger partial charge on any atom is 0.251 e. The van der Waals surface area contributed by atoms with Gasteiger partial charge in [-0.05, 0) is 30.4 Å². The number of nitrogens with one attached hydrogen (secondary N) is 1. The standard InChI is InChI=1S/C19H29NO4/c1-6-13(19(3,4)5)9-20-18(22)15-7-8-16-17(12(15)2)24-14(10-21)11-23-16/h7-8,13-14,21H,6,9-11H2,1-5H3,(H,20,22). The number of rotatable bonds is 5. The van der Waals surface area contributed by atoms with Crippen molar-refractivity contribution in [1.29, 1.82) is 0 Å². The highest BCUT2D eigenvalue weighted by Crippen LogP contribution is 2.37. The smallest absolute Gasteiger partial charge is 0.251 e. The Balaban J connectivity index is 2.13. The fraction of sp³-hybridized carbons (Fsp3) is 0.632. The van der Waals surface area contributed by atoms with Crippen LogP contribution in [-0.2, 0) is 0 Å². The Bertz CT molecular complexity index is 592. The first-order chi connectivity index (χ1) is 11.3. The van der Waals surface area contributed by atoms with Gasteiger partial charge in [-0.3, -0.25) is 4.79 Å². The minimum Gasteiger partial charge on any atom is -0.486 e. The topological polar surface area (TPSA) is 67.8 Å². The zero-order valence-electron chi connectivity index (χ0n) is 15.3. The van der Waals surface area contributed by atoms with Gasteiger partial charge in [0.05, 0.1) is 6.61 Å². The lowest BCUT2D eigenvalue weighted by Crippen LogP contribution is -2.36. The van der Waals surface area contributed by atoms with Crippen LogP contribution in [0, 0.1) is 18.3 Å². The van der Waals surface area contributed by atoms with Gasteiger partial charge in [-0.25, -0.2) is 0 Å². The maximum atomic E-state index is 12.6. The molecule has 2 unspecified atom stereocenters. The molecule has 1 aromatic carbocycles. The van der Waals surface area contributed by atoms with Crippen LogP contribution in [0.15, 0.2) is 12.1 Å². The largest absolute Gasteiger partial charge is 0.486 e. The lowest BCUT2D eigenvalue weighted by Gasteiger charge is -2.30. The van der Waals surface area contributed by atoms with E-state index in [4.69, 9.17) is 9.47 Å². The first kappa shape index (κ1) is 18.6. The molecule has 0 aliphatic carbocycles. The van der Waals surface area contributed by atoms with E-state index in [-0.39, 0.29) is 24.0 Å². The number of hydrogen-bond acceptors (Lipinski definition) is 4. The van der Waals surface area contributed by atoms with Crippen LogP contribution in [0.4, 0.5) is 0 Å². The van der Waals surface area contributed by atoms with Crippen LogP contribution >= 0.6 is 0 Å². The van der Waals surface area contributed by atoms with E-state index in [1.54, 1.807) is 12.1 Å². The van der Waals surface area contributed by atoms with Crippen molar-refractivity contribution in [2.75, 3.05) is 19.8 Å². The van der Waals surface area contributed by atoms with Crippen molar-refractivity contribution in [2.24, 2.45) is 11.3 Å². The highest BCUT2D eigenvalue weighted by molar-refractivity contribution is 5.96. The normalized spacial score (nSPS) is 18.2. The third-order valence-electron chi connectivity index (χ3n) is 4.75. The van der Waals surface area contributed by atoms with Crippen molar-refractivity contribution in [3.63, 3.8) is 0 Å². The fourth-order valence-corrected chi connectivity index (χ4v) is 3.02. The summed E-state index contributed by atoms with van der Waals surface area (Å²) >= 11 is 0. The number of carbonyl (C=O) groups is 1. The molecule has 0 fully saturated rings. The number of benzene rings is 1. The molecule has 2 N–H and O–H groups in total. The third-order valence-corrected chi connectivity index (χ3v) is 4.75. The van der Waals surface area contributed by atoms with Gasteiger partial charge in [0.1, 0.15) is 6.61 Å². The number of aliphatic hydroxyl groups is 1. The molecule has 2 atom stereocenters. The summed E-state index contributed by atoms with van der Waals surface area (Å²) in [5.41, 5.74) is 1.48. The number of fused-ring (bicyclic) bond motifs is 1. The second-order valence-electron chi connectivity index (χ2n) is 7.48. The van der Waals surface area contributed by atoms with Gasteiger partial charge >= 0.3 is 0 Å². The summed E-state index contributed by atoms with van der Waals surface area (Å²) in [7, 11) is 0. The van der Waals surface area contributed by atoms with Crippen molar-refractivity contribution < 1.29 is 19.4 Å². The molecule has 0 radical (unpaired) electrons. The monoisotopic (exact) mass is 335 g/mol. The molecular formula is C19H29NO4. The number of ether oxygens (including phenoxy) is 2. The van der Waals surface area contributed by atoms with Crippen molar-refractivity contribution in [3.05, 3.63) is 23.3 Å². The molecule has 0 spiro atoms. The van der Waals surface area contributed by atoms with E-state index < -0.39 is 0 Å². The van der Waals surface area contributed by atoms with E-state index in [1.807, 2.05) is 6.92 Å². The van der Waals surface area contributed by atoms with Crippen molar-refractivity contribution in [1.82, 2.24) is 5.32 Å². The molecule has 1 heterocycles. The zero-order valence-corrected chi connectivity index (χ0v) is 15.3. The predicted octanol–water partition coefficient (Wildman–Crippen LogP) is 2.93. The molecule has 0 aromatic heterocycles. The molecule has 2 rings (SSSR count). The molecular weight excluding hydrogens is 306 g/mol. The van der Waals surface area contributed by atoms with Crippen LogP contribution < -0.4 is 14.8 Å². The first-order valence-corrected chi connectivity index (χ1v) is 8.60. The molecule has 134 valence electrons. The van der Waals surface area contributed by atoms with Gasteiger partial charge in [-0.2, -0.15) is 0 Å². The van der Waals surface area contributed by atoms with Crippen LogP contribution in [0.5, 0.6) is 11.5 Å². The van der Waals surface area contributed by atoms with Crippen molar-refractivity contribution >= 4 is 5.91 Å². The molecule has 1 aliphatic heterocycles. The molecule has 5 heteroatoms. The second kappa shape index (κ2) is 7.43. The Labute approximate surface area is 144 Å². The van der Waals surface area contributed by atoms with Crippen LogP contribution in [0.1, 0.15) is 50.0 Å². The minimum absolute atomic E-state index is 0.104. The van der Waals surface area contributed by atoms with E-state index in [0.29, 0.717) is 36.1 Å². The fourth-order valence-electron chi connectivity index (χ4n) is 3.02. The minimum atomic E-state index is -0.389. The molecule has 0 saturated heterocycles. The average molecular weight is 335 g/mol. The SMILES string of the molecule is CCC(CNC(=O)c1ccc2c(c1C)OC(CO)CO2)C(C)(C)C. The van der Waals surface area contributed by atoms with Gasteiger partial charge in [-0.1, -0.05) is 34.1 Å². The Morgan fingerprint density at radius 3 is 2.71 bits per heavy atom. The summed E-state index contributed by atoms with van der Waals surface area (Å²) in [4.78, 5) is 12.6. The highest BCUT2D eigenvalue weighted by Gasteiger charge is 2.26. The van der Waals surface area contributed by atoms with E-state index >= 15 is 0 Å². The summed E-state index contributed by atoms with van der Waals surface area (Å²) in [5, 5.41) is 12.3. The predicted molar refractivity (Wildman–Crippen MR) is 93.7 cm³/mol. The summed E-state index contributed by atoms with van der Waals surface area (Å²) in [6, 6.07) is 3.52. The Morgan fingerprint density at radius 2 is 2.12 bits per heavy atom. The van der Waals surface area contributed by atoms with Gasteiger partial charge in [0.2, 0.25) is 0 Å². The van der Waals surface area contributed by atoms with Crippen molar-refractivity contribution in [3.8, 4) is 11.5 Å². The molecule has 0 bridgehead atoms. The van der Waals surface area contributed by atoms with Gasteiger partial charge in [-0.15, -0.1) is 0 Å². The zero-order chi connectivity index (χ0) is 17.9. The number of amides is 1. The lowest BCUT2D eigenvalue weighted by atomic mass is 9.79. The molecule has 5 nitrogen and oxygen atoms in total. The molecule has 1 aromatic rings. The van der Waals surface area contributed by atoms with Crippen LogP contribution in [0.2, 0.25) is 0 Å². The van der Waals surface area contributed by atoms with Crippen molar-refractivity contribution in [2.45, 2.75) is 47.1 Å². The molecule has 1 aliphatic rings. The van der Waals surface area contributed by atoms with E-state index in [9.17, 15) is 9.90 Å². The third kappa shape index (κ3) is 4.01. The van der Waals surface area contributed by atoms with Gasteiger partial charge in [0.25, 0.3) is 5.91 Å². The van der Waals surface area contributed by atoms with Crippen LogP contribution in [0.25, 0.3) is 0 Å². The Hall–Kier alpha value is -1.75. The number of hydrogen-bond donors (Lipinski definition) is 2. The van der Waals surface area contributed by atoms with E-state index in [0.717, 1.165) is 12.0 Å². The quantitative estimate of drug-likeness (QED) is 0.868. The highest BCUT2D eigenvalue weighted by atomic mass is 16.6. The Morgan fingerprint density at radius 1 is 1.42 bits per heavy atom. The summed E-state index contributed by atoms with van der Waals surface area (Å²) < 4.78 is 11.3. The summed E-state index contributed by atoms with van der Waals surface area (Å²) in [5.74, 6) is 1.48. The molecule has 24 heavy (non-hydrogen) atoms. The lowest BCUT2D eigenvalue weighted by molar-refractivity contribution is 0.0448. The average Bonchev–Trinajstić information content (AvgIpc) is 2.54. The van der Waals surface area contributed by atoms with Gasteiger partial charge < -0.3 is 19.9 Å². The second-order valence-corrected chi connectivity index (χ2v) is 7.48.